The smallest absolute Gasteiger partial charge is 0.0542 e. The molecule has 1 aromatic heterocycles. The first-order valence-corrected chi connectivity index (χ1v) is 28.9. The highest BCUT2D eigenvalue weighted by Crippen LogP contribution is 2.50. The van der Waals surface area contributed by atoms with E-state index in [4.69, 9.17) is 0 Å². The second-order valence-corrected chi connectivity index (χ2v) is 17.5. The van der Waals surface area contributed by atoms with Crippen LogP contribution in [0.15, 0.2) is 243 Å². The number of fused-ring (bicyclic) bond motifs is 6. The summed E-state index contributed by atoms with van der Waals surface area (Å²) >= 11 is 0. The quantitative estimate of drug-likeness (QED) is 0.143. The number of hydrogen-bond acceptors (Lipinski definition) is 2. The lowest BCUT2D eigenvalue weighted by molar-refractivity contribution is 1.01. The Balaban J connectivity index is 0.000000770. The van der Waals surface area contributed by atoms with Crippen LogP contribution < -0.4 is 9.80 Å². The maximum Gasteiger partial charge on any atom is 0.0542 e. The predicted molar refractivity (Wildman–Crippen MR) is 346 cm³/mol. The summed E-state index contributed by atoms with van der Waals surface area (Å²) in [7, 11) is 0. The van der Waals surface area contributed by atoms with E-state index in [0.29, 0.717) is 0 Å². The van der Waals surface area contributed by atoms with Crippen molar-refractivity contribution in [3.8, 4) is 27.9 Å². The molecule has 0 aliphatic heterocycles. The predicted octanol–water partition coefficient (Wildman–Crippen LogP) is 23.3. The minimum Gasteiger partial charge on any atom is -0.310 e. The molecular formula is C75H83N3. The Labute approximate surface area is 469 Å². The molecule has 0 fully saturated rings. The monoisotopic (exact) mass is 1030 g/mol. The summed E-state index contributed by atoms with van der Waals surface area (Å²) in [4.78, 5) is 4.76. The zero-order valence-electron chi connectivity index (χ0n) is 49.0. The summed E-state index contributed by atoms with van der Waals surface area (Å²) in [5, 5.41) is 2.46. The molecular weight excluding hydrogens is 943 g/mol. The van der Waals surface area contributed by atoms with Gasteiger partial charge in [-0.05, 0) is 150 Å². The van der Waals surface area contributed by atoms with Crippen LogP contribution in [-0.4, -0.2) is 4.57 Å². The van der Waals surface area contributed by atoms with E-state index < -0.39 is 0 Å². The molecule has 1 aliphatic rings. The van der Waals surface area contributed by atoms with E-state index in [9.17, 15) is 0 Å². The molecule has 1 unspecified atom stereocenters. The Kier molecular flexibility index (Phi) is 22.0. The number of aryl methyl sites for hydroxylation is 2. The molecule has 398 valence electrons. The second kappa shape index (κ2) is 29.2. The molecule has 12 rings (SSSR count). The third-order valence-corrected chi connectivity index (χ3v) is 13.4. The molecule has 0 saturated heterocycles. The Morgan fingerprint density at radius 2 is 0.679 bits per heavy atom. The van der Waals surface area contributed by atoms with Crippen molar-refractivity contribution in [1.82, 2.24) is 4.57 Å². The molecule has 10 aromatic carbocycles. The van der Waals surface area contributed by atoms with E-state index in [1.807, 2.05) is 83.1 Å². The number of hydrogen-bond donors (Lipinski definition) is 0. The molecule has 11 aromatic rings. The molecule has 1 heterocycles. The molecule has 0 saturated carbocycles. The number of nitrogens with zero attached hydrogens (tertiary/aromatic N) is 3. The molecule has 0 bridgehead atoms. The van der Waals surface area contributed by atoms with E-state index >= 15 is 0 Å². The minimum atomic E-state index is 0.214. The van der Waals surface area contributed by atoms with Crippen LogP contribution in [0.1, 0.15) is 117 Å². The van der Waals surface area contributed by atoms with Gasteiger partial charge in [0.15, 0.2) is 0 Å². The summed E-state index contributed by atoms with van der Waals surface area (Å²) < 4.78 is 2.37. The number of rotatable bonds is 9. The minimum absolute atomic E-state index is 0.214. The van der Waals surface area contributed by atoms with E-state index in [0.717, 1.165) is 39.8 Å². The van der Waals surface area contributed by atoms with Crippen molar-refractivity contribution < 1.29 is 0 Å². The van der Waals surface area contributed by atoms with Crippen LogP contribution >= 0.6 is 0 Å². The van der Waals surface area contributed by atoms with Crippen molar-refractivity contribution >= 4 is 55.9 Å². The number of aromatic nitrogens is 1. The zero-order chi connectivity index (χ0) is 56.1. The van der Waals surface area contributed by atoms with Crippen molar-refractivity contribution in [3.05, 3.63) is 270 Å². The average Bonchev–Trinajstić information content (AvgIpc) is 4.22. The fraction of sp³-hybridized carbons (Fsp3) is 0.200. The van der Waals surface area contributed by atoms with Crippen molar-refractivity contribution in [2.24, 2.45) is 0 Å². The second-order valence-electron chi connectivity index (χ2n) is 17.5. The third kappa shape index (κ3) is 12.4. The van der Waals surface area contributed by atoms with Crippen LogP contribution in [0.2, 0.25) is 0 Å². The average molecular weight is 1030 g/mol. The van der Waals surface area contributed by atoms with Crippen LogP contribution in [0.25, 0.3) is 49.7 Å². The van der Waals surface area contributed by atoms with E-state index in [2.05, 4.69) is 271 Å². The van der Waals surface area contributed by atoms with Crippen LogP contribution in [0.3, 0.4) is 0 Å². The first-order valence-electron chi connectivity index (χ1n) is 28.9. The van der Waals surface area contributed by atoms with Gasteiger partial charge in [0.05, 0.1) is 11.0 Å². The van der Waals surface area contributed by atoms with Crippen molar-refractivity contribution in [1.29, 1.82) is 0 Å². The first-order chi connectivity index (χ1) is 38.6. The topological polar surface area (TPSA) is 11.4 Å². The van der Waals surface area contributed by atoms with Gasteiger partial charge >= 0.3 is 0 Å². The summed E-state index contributed by atoms with van der Waals surface area (Å²) in [6.07, 6.45) is 0. The fourth-order valence-electron chi connectivity index (χ4n) is 10.2. The Hall–Kier alpha value is -8.40. The van der Waals surface area contributed by atoms with Crippen molar-refractivity contribution in [3.63, 3.8) is 0 Å². The largest absolute Gasteiger partial charge is 0.310 e. The molecule has 3 nitrogen and oxygen atoms in total. The van der Waals surface area contributed by atoms with Gasteiger partial charge < -0.3 is 14.4 Å². The van der Waals surface area contributed by atoms with Gasteiger partial charge in [0.2, 0.25) is 0 Å². The fourth-order valence-corrected chi connectivity index (χ4v) is 10.2. The first kappa shape index (κ1) is 58.9. The third-order valence-electron chi connectivity index (χ3n) is 13.4. The van der Waals surface area contributed by atoms with Crippen molar-refractivity contribution in [2.45, 2.75) is 103 Å². The SMILES string of the molecule is CC.CC.CC.CC.CC.CC.Cc1ccc(N(c2ccc(-c3ccc(N(c4ccc(C)cc4)c4ccc5c(c4)c4ccccc4n5-c4ccccc4)cc3)cc2)c2ccc3c(c2)-c2ccccc2C3c2ccccc2)cc1. The molecule has 3 heteroatoms. The van der Waals surface area contributed by atoms with Gasteiger partial charge in [-0.15, -0.1) is 0 Å². The van der Waals surface area contributed by atoms with Gasteiger partial charge in [-0.1, -0.05) is 240 Å². The number of anilines is 6. The van der Waals surface area contributed by atoms with Crippen LogP contribution in [-0.2, 0) is 0 Å². The van der Waals surface area contributed by atoms with Crippen molar-refractivity contribution in [2.75, 3.05) is 9.80 Å². The Bertz CT molecular complexity index is 3520. The Morgan fingerprint density at radius 3 is 1.21 bits per heavy atom. The van der Waals surface area contributed by atoms with Gasteiger partial charge in [-0.25, -0.2) is 0 Å². The van der Waals surface area contributed by atoms with Gasteiger partial charge in [0.1, 0.15) is 0 Å². The van der Waals surface area contributed by atoms with E-state index in [1.165, 1.54) is 71.9 Å². The van der Waals surface area contributed by atoms with Gasteiger partial charge in [-0.2, -0.15) is 0 Å². The zero-order valence-corrected chi connectivity index (χ0v) is 49.0. The highest BCUT2D eigenvalue weighted by atomic mass is 15.1. The summed E-state index contributed by atoms with van der Waals surface area (Å²) in [5.74, 6) is 0.214. The number of benzene rings is 10. The van der Waals surface area contributed by atoms with E-state index in [1.54, 1.807) is 0 Å². The maximum absolute atomic E-state index is 2.39. The Morgan fingerprint density at radius 1 is 0.295 bits per heavy atom. The highest BCUT2D eigenvalue weighted by molar-refractivity contribution is 6.10. The summed E-state index contributed by atoms with van der Waals surface area (Å²) in [6, 6.07) is 88.9. The summed E-state index contributed by atoms with van der Waals surface area (Å²) in [6.45, 7) is 28.3. The molecule has 1 atom stereocenters. The lowest BCUT2D eigenvalue weighted by Crippen LogP contribution is -2.10. The van der Waals surface area contributed by atoms with E-state index in [-0.39, 0.29) is 5.92 Å². The number of para-hydroxylation sites is 2. The lowest BCUT2D eigenvalue weighted by atomic mass is 9.89. The molecule has 0 N–H and O–H groups in total. The molecule has 0 radical (unpaired) electrons. The van der Waals surface area contributed by atoms with Gasteiger partial charge in [-0.3, -0.25) is 0 Å². The standard InChI is InChI=1S/C63H47N3.6C2H6/c1-43-21-29-49(30-22-43)64(53-37-39-58-59(41-53)55-17-9-10-19-57(55)63(58)47-13-5-3-6-14-47)51-33-25-45(26-34-51)46-27-35-52(36-28-46)65(50-31-23-44(2)24-32-50)54-38-40-62-60(42-54)56-18-11-12-20-61(56)66(62)48-15-7-4-8-16-48;6*1-2/h3-42,63H,1-2H3;6*1-2H3. The maximum atomic E-state index is 2.39. The molecule has 1 aliphatic carbocycles. The van der Waals surface area contributed by atoms with Gasteiger partial charge in [0.25, 0.3) is 0 Å². The van der Waals surface area contributed by atoms with Crippen LogP contribution in [0.5, 0.6) is 0 Å². The van der Waals surface area contributed by atoms with Crippen LogP contribution in [0.4, 0.5) is 34.1 Å². The highest BCUT2D eigenvalue weighted by Gasteiger charge is 2.30. The molecule has 0 amide bonds. The lowest BCUT2D eigenvalue weighted by Gasteiger charge is -2.27. The van der Waals surface area contributed by atoms with Gasteiger partial charge in [0, 0.05) is 56.5 Å². The molecule has 0 spiro atoms. The molecule has 78 heavy (non-hydrogen) atoms. The van der Waals surface area contributed by atoms with Crippen LogP contribution in [0, 0.1) is 13.8 Å². The normalized spacial score (nSPS) is 11.3. The summed E-state index contributed by atoms with van der Waals surface area (Å²) in [5.41, 5.74) is 21.7.